The number of aryl methyl sites for hydroxylation is 1. The van der Waals surface area contributed by atoms with E-state index in [2.05, 4.69) is 10.6 Å². The lowest BCUT2D eigenvalue weighted by molar-refractivity contribution is -0.130. The minimum atomic E-state index is -0.804. The van der Waals surface area contributed by atoms with Crippen LogP contribution < -0.4 is 10.6 Å². The number of aromatic hydroxyl groups is 1. The molecule has 1 rings (SSSR count). The first-order valence-electron chi connectivity index (χ1n) is 6.89. The summed E-state index contributed by atoms with van der Waals surface area (Å²) in [7, 11) is 0. The van der Waals surface area contributed by atoms with Crippen LogP contribution in [0.5, 0.6) is 5.75 Å². The van der Waals surface area contributed by atoms with Crippen molar-refractivity contribution in [3.63, 3.8) is 0 Å². The number of carbonyl (C=O) groups excluding carboxylic acids is 3. The van der Waals surface area contributed by atoms with Gasteiger partial charge in [-0.1, -0.05) is 11.6 Å². The highest BCUT2D eigenvalue weighted by atomic mass is 16.5. The summed E-state index contributed by atoms with van der Waals surface area (Å²) in [5, 5.41) is 14.6. The molecule has 0 aliphatic heterocycles. The van der Waals surface area contributed by atoms with Gasteiger partial charge < -0.3 is 20.5 Å². The Morgan fingerprint density at radius 1 is 1.32 bits per heavy atom. The summed E-state index contributed by atoms with van der Waals surface area (Å²) in [6.07, 6.45) is 0. The highest BCUT2D eigenvalue weighted by Gasteiger charge is 2.17. The predicted molar refractivity (Wildman–Crippen MR) is 79.4 cm³/mol. The molecule has 0 radical (unpaired) electrons. The van der Waals surface area contributed by atoms with E-state index in [0.29, 0.717) is 6.54 Å². The first kappa shape index (κ1) is 17.5. The fourth-order valence-electron chi connectivity index (χ4n) is 1.70. The van der Waals surface area contributed by atoms with Crippen molar-refractivity contribution in [1.82, 2.24) is 10.6 Å². The second kappa shape index (κ2) is 8.02. The molecule has 7 nitrogen and oxygen atoms in total. The van der Waals surface area contributed by atoms with Crippen LogP contribution in [0.4, 0.5) is 0 Å². The van der Waals surface area contributed by atoms with E-state index in [-0.39, 0.29) is 17.2 Å². The number of likely N-dealkylation sites (N-methyl/N-ethyl adjacent to an activating group) is 1. The Balaban J connectivity index is 2.52. The van der Waals surface area contributed by atoms with Gasteiger partial charge in [-0.25, -0.2) is 4.79 Å². The van der Waals surface area contributed by atoms with Gasteiger partial charge >= 0.3 is 5.97 Å². The molecule has 0 saturated carbocycles. The molecule has 0 heterocycles. The Morgan fingerprint density at radius 3 is 2.64 bits per heavy atom. The van der Waals surface area contributed by atoms with Crippen LogP contribution in [0.3, 0.4) is 0 Å². The first-order chi connectivity index (χ1) is 10.3. The molecule has 120 valence electrons. The average Bonchev–Trinajstić information content (AvgIpc) is 2.47. The number of phenols is 1. The molecular formula is C15H20N2O5. The lowest BCUT2D eigenvalue weighted by Crippen LogP contribution is -2.46. The largest absolute Gasteiger partial charge is 0.507 e. The molecule has 0 aromatic heterocycles. The monoisotopic (exact) mass is 308 g/mol. The molecule has 0 aliphatic carbocycles. The normalized spacial score (nSPS) is 11.4. The number of nitrogens with one attached hydrogen (secondary N) is 2. The Bertz CT molecular complexity index is 571. The average molecular weight is 308 g/mol. The molecule has 0 saturated heterocycles. The van der Waals surface area contributed by atoms with E-state index >= 15 is 0 Å². The van der Waals surface area contributed by atoms with E-state index in [4.69, 9.17) is 4.74 Å². The molecular weight excluding hydrogens is 288 g/mol. The lowest BCUT2D eigenvalue weighted by atomic mass is 10.1. The van der Waals surface area contributed by atoms with E-state index in [1.165, 1.54) is 19.1 Å². The summed E-state index contributed by atoms with van der Waals surface area (Å²) in [6, 6.07) is 3.77. The SMILES string of the molecule is CCNC(=O)[C@@H](C)NC(=O)COC(=O)c1cc(C)ccc1O. The Morgan fingerprint density at radius 2 is 2.00 bits per heavy atom. The number of hydrogen-bond donors (Lipinski definition) is 3. The fourth-order valence-corrected chi connectivity index (χ4v) is 1.70. The summed E-state index contributed by atoms with van der Waals surface area (Å²) in [5.41, 5.74) is 0.767. The van der Waals surface area contributed by atoms with Gasteiger partial charge in [0.1, 0.15) is 17.4 Å². The van der Waals surface area contributed by atoms with Gasteiger partial charge in [-0.05, 0) is 32.9 Å². The number of benzene rings is 1. The molecule has 1 aromatic carbocycles. The van der Waals surface area contributed by atoms with Crippen LogP contribution in [0.15, 0.2) is 18.2 Å². The second-order valence-corrected chi connectivity index (χ2v) is 4.78. The first-order valence-corrected chi connectivity index (χ1v) is 6.89. The molecule has 0 spiro atoms. The highest BCUT2D eigenvalue weighted by molar-refractivity contribution is 5.94. The molecule has 0 fully saturated rings. The van der Waals surface area contributed by atoms with E-state index in [1.54, 1.807) is 19.9 Å². The molecule has 1 aromatic rings. The van der Waals surface area contributed by atoms with Gasteiger partial charge in [-0.15, -0.1) is 0 Å². The third-order valence-electron chi connectivity index (χ3n) is 2.83. The number of rotatable bonds is 6. The summed E-state index contributed by atoms with van der Waals surface area (Å²) < 4.78 is 4.82. The van der Waals surface area contributed by atoms with Gasteiger partial charge in [0.05, 0.1) is 0 Å². The van der Waals surface area contributed by atoms with Crippen LogP contribution in [0, 0.1) is 6.92 Å². The summed E-state index contributed by atoms with van der Waals surface area (Å²) in [4.78, 5) is 34.9. The van der Waals surface area contributed by atoms with Crippen molar-refractivity contribution in [1.29, 1.82) is 0 Å². The zero-order chi connectivity index (χ0) is 16.7. The van der Waals surface area contributed by atoms with Crippen molar-refractivity contribution in [3.8, 4) is 5.75 Å². The van der Waals surface area contributed by atoms with Gasteiger partial charge in [0, 0.05) is 6.54 Å². The summed E-state index contributed by atoms with van der Waals surface area (Å²) in [5.74, 6) is -1.94. The quantitative estimate of drug-likeness (QED) is 0.664. The maximum atomic E-state index is 11.8. The zero-order valence-electron chi connectivity index (χ0n) is 12.8. The Hall–Kier alpha value is -2.57. The minimum Gasteiger partial charge on any atom is -0.507 e. The predicted octanol–water partition coefficient (Wildman–Crippen LogP) is 0.498. The van der Waals surface area contributed by atoms with Crippen molar-refractivity contribution >= 4 is 17.8 Å². The van der Waals surface area contributed by atoms with Crippen molar-refractivity contribution in [2.45, 2.75) is 26.8 Å². The number of ether oxygens (including phenoxy) is 1. The number of carbonyl (C=O) groups is 3. The molecule has 0 unspecified atom stereocenters. The Kier molecular flexibility index (Phi) is 6.37. The van der Waals surface area contributed by atoms with Crippen LogP contribution in [0.1, 0.15) is 29.8 Å². The minimum absolute atomic E-state index is 0.00965. The van der Waals surface area contributed by atoms with Crippen molar-refractivity contribution in [3.05, 3.63) is 29.3 Å². The van der Waals surface area contributed by atoms with Gasteiger partial charge in [-0.3, -0.25) is 9.59 Å². The van der Waals surface area contributed by atoms with E-state index in [0.717, 1.165) is 5.56 Å². The number of esters is 1. The maximum absolute atomic E-state index is 11.8. The molecule has 1 atom stereocenters. The molecule has 0 aliphatic rings. The number of amides is 2. The van der Waals surface area contributed by atoms with Crippen molar-refractivity contribution < 1.29 is 24.2 Å². The standard InChI is InChI=1S/C15H20N2O5/c1-4-16-14(20)10(3)17-13(19)8-22-15(21)11-7-9(2)5-6-12(11)18/h5-7,10,18H,4,8H2,1-3H3,(H,16,20)(H,17,19)/t10-/m1/s1. The highest BCUT2D eigenvalue weighted by Crippen LogP contribution is 2.18. The van der Waals surface area contributed by atoms with Crippen LogP contribution in [-0.4, -0.2) is 42.1 Å². The summed E-state index contributed by atoms with van der Waals surface area (Å²) >= 11 is 0. The molecule has 7 heteroatoms. The topological polar surface area (TPSA) is 105 Å². The molecule has 3 N–H and O–H groups in total. The van der Waals surface area contributed by atoms with Gasteiger partial charge in [0.2, 0.25) is 5.91 Å². The molecule has 2 amide bonds. The van der Waals surface area contributed by atoms with E-state index in [9.17, 15) is 19.5 Å². The van der Waals surface area contributed by atoms with E-state index in [1.807, 2.05) is 0 Å². The smallest absolute Gasteiger partial charge is 0.342 e. The van der Waals surface area contributed by atoms with Crippen LogP contribution in [0.25, 0.3) is 0 Å². The third-order valence-corrected chi connectivity index (χ3v) is 2.83. The number of hydrogen-bond acceptors (Lipinski definition) is 5. The third kappa shape index (κ3) is 5.08. The Labute approximate surface area is 128 Å². The summed E-state index contributed by atoms with van der Waals surface area (Å²) in [6.45, 7) is 4.98. The molecule has 0 bridgehead atoms. The van der Waals surface area contributed by atoms with Crippen molar-refractivity contribution in [2.24, 2.45) is 0 Å². The maximum Gasteiger partial charge on any atom is 0.342 e. The van der Waals surface area contributed by atoms with Crippen molar-refractivity contribution in [2.75, 3.05) is 13.2 Å². The van der Waals surface area contributed by atoms with Crippen LogP contribution in [0.2, 0.25) is 0 Å². The fraction of sp³-hybridized carbons (Fsp3) is 0.400. The zero-order valence-corrected chi connectivity index (χ0v) is 12.8. The number of phenolic OH excluding ortho intramolecular Hbond substituents is 1. The van der Waals surface area contributed by atoms with E-state index < -0.39 is 24.5 Å². The van der Waals surface area contributed by atoms with Crippen LogP contribution in [-0.2, 0) is 14.3 Å². The van der Waals surface area contributed by atoms with Gasteiger partial charge in [0.15, 0.2) is 6.61 Å². The van der Waals surface area contributed by atoms with Gasteiger partial charge in [0.25, 0.3) is 5.91 Å². The molecule has 22 heavy (non-hydrogen) atoms. The van der Waals surface area contributed by atoms with Crippen LogP contribution >= 0.6 is 0 Å². The lowest BCUT2D eigenvalue weighted by Gasteiger charge is -2.13. The second-order valence-electron chi connectivity index (χ2n) is 4.78. The van der Waals surface area contributed by atoms with Gasteiger partial charge in [-0.2, -0.15) is 0 Å².